The first kappa shape index (κ1) is 13.1. The molecular formula is C13H11BrN2OS. The Hall–Kier alpha value is -1.33. The predicted molar refractivity (Wildman–Crippen MR) is 78.1 cm³/mol. The van der Waals surface area contributed by atoms with Gasteiger partial charge >= 0.3 is 0 Å². The van der Waals surface area contributed by atoms with E-state index in [1.165, 1.54) is 0 Å². The molecule has 0 spiro atoms. The average Bonchev–Trinajstić information content (AvgIpc) is 2.41. The summed E-state index contributed by atoms with van der Waals surface area (Å²) in [5.41, 5.74) is 0.655. The zero-order chi connectivity index (χ0) is 13.0. The molecule has 0 radical (unpaired) electrons. The Kier molecular flexibility index (Phi) is 4.38. The zero-order valence-corrected chi connectivity index (χ0v) is 12.1. The molecule has 3 nitrogen and oxygen atoms in total. The van der Waals surface area contributed by atoms with Crippen LogP contribution in [0.25, 0.3) is 0 Å². The van der Waals surface area contributed by atoms with E-state index in [0.29, 0.717) is 11.4 Å². The van der Waals surface area contributed by atoms with Crippen LogP contribution >= 0.6 is 27.7 Å². The maximum absolute atomic E-state index is 12.2. The van der Waals surface area contributed by atoms with Gasteiger partial charge in [0.1, 0.15) is 5.82 Å². The average molecular weight is 323 g/mol. The normalized spacial score (nSPS) is 10.1. The first-order chi connectivity index (χ1) is 8.72. The Bertz CT molecular complexity index is 574. The van der Waals surface area contributed by atoms with Crippen LogP contribution < -0.4 is 5.32 Å². The molecule has 0 saturated heterocycles. The SMILES string of the molecule is CSc1ccccc1C(=O)Nc1ncccc1Br. The summed E-state index contributed by atoms with van der Waals surface area (Å²) in [6.07, 6.45) is 3.59. The molecule has 92 valence electrons. The lowest BCUT2D eigenvalue weighted by Gasteiger charge is -2.08. The van der Waals surface area contributed by atoms with E-state index < -0.39 is 0 Å². The summed E-state index contributed by atoms with van der Waals surface area (Å²) in [6, 6.07) is 11.1. The van der Waals surface area contributed by atoms with Gasteiger partial charge in [-0.1, -0.05) is 12.1 Å². The van der Waals surface area contributed by atoms with Gasteiger partial charge in [0.2, 0.25) is 0 Å². The van der Waals surface area contributed by atoms with Crippen molar-refractivity contribution in [2.45, 2.75) is 4.90 Å². The van der Waals surface area contributed by atoms with E-state index in [-0.39, 0.29) is 5.91 Å². The molecule has 1 aromatic carbocycles. The molecule has 1 amide bonds. The van der Waals surface area contributed by atoms with Crippen LogP contribution in [0.1, 0.15) is 10.4 Å². The second-order valence-corrected chi connectivity index (χ2v) is 5.19. The Morgan fingerprint density at radius 3 is 2.78 bits per heavy atom. The smallest absolute Gasteiger partial charge is 0.257 e. The molecule has 0 aliphatic rings. The van der Waals surface area contributed by atoms with Gasteiger partial charge in [-0.15, -0.1) is 11.8 Å². The van der Waals surface area contributed by atoms with Crippen LogP contribution in [0.15, 0.2) is 52.0 Å². The second kappa shape index (κ2) is 6.02. The maximum atomic E-state index is 12.2. The van der Waals surface area contributed by atoms with Crippen molar-refractivity contribution in [2.24, 2.45) is 0 Å². The third kappa shape index (κ3) is 2.91. The minimum absolute atomic E-state index is 0.153. The topological polar surface area (TPSA) is 42.0 Å². The number of amides is 1. The number of halogens is 1. The highest BCUT2D eigenvalue weighted by Gasteiger charge is 2.12. The standard InChI is InChI=1S/C13H11BrN2OS/c1-18-11-7-3-2-5-9(11)13(17)16-12-10(14)6-4-8-15-12/h2-8H,1H3,(H,15,16,17). The van der Waals surface area contributed by atoms with Crippen LogP contribution in [0.2, 0.25) is 0 Å². The molecule has 0 fully saturated rings. The van der Waals surface area contributed by atoms with Gasteiger partial charge in [-0.2, -0.15) is 0 Å². The predicted octanol–water partition coefficient (Wildman–Crippen LogP) is 3.82. The third-order valence-corrected chi connectivity index (χ3v) is 3.78. The molecule has 5 heteroatoms. The fourth-order valence-electron chi connectivity index (χ4n) is 1.48. The number of carbonyl (C=O) groups excluding carboxylic acids is 1. The molecule has 2 aromatic rings. The minimum Gasteiger partial charge on any atom is -0.306 e. The number of anilines is 1. The van der Waals surface area contributed by atoms with Crippen molar-refractivity contribution in [3.63, 3.8) is 0 Å². The van der Waals surface area contributed by atoms with Crippen molar-refractivity contribution in [3.05, 3.63) is 52.6 Å². The lowest BCUT2D eigenvalue weighted by molar-refractivity contribution is 0.102. The van der Waals surface area contributed by atoms with Crippen molar-refractivity contribution >= 4 is 39.4 Å². The summed E-state index contributed by atoms with van der Waals surface area (Å²) in [7, 11) is 0. The fourth-order valence-corrected chi connectivity index (χ4v) is 2.43. The summed E-state index contributed by atoms with van der Waals surface area (Å²) in [5, 5.41) is 2.79. The number of nitrogens with zero attached hydrogens (tertiary/aromatic N) is 1. The van der Waals surface area contributed by atoms with Crippen molar-refractivity contribution in [1.29, 1.82) is 0 Å². The minimum atomic E-state index is -0.153. The highest BCUT2D eigenvalue weighted by molar-refractivity contribution is 9.10. The molecule has 0 saturated carbocycles. The molecular weight excluding hydrogens is 312 g/mol. The summed E-state index contributed by atoms with van der Waals surface area (Å²) in [6.45, 7) is 0. The summed E-state index contributed by atoms with van der Waals surface area (Å²) < 4.78 is 0.764. The van der Waals surface area contributed by atoms with Crippen molar-refractivity contribution in [3.8, 4) is 0 Å². The van der Waals surface area contributed by atoms with E-state index in [1.54, 1.807) is 30.1 Å². The number of nitrogens with one attached hydrogen (secondary N) is 1. The Morgan fingerprint density at radius 1 is 1.28 bits per heavy atom. The van der Waals surface area contributed by atoms with Gasteiger partial charge < -0.3 is 5.32 Å². The van der Waals surface area contributed by atoms with Crippen LogP contribution in [0, 0.1) is 0 Å². The van der Waals surface area contributed by atoms with Gasteiger partial charge in [-0.05, 0) is 46.5 Å². The second-order valence-electron chi connectivity index (χ2n) is 3.49. The first-order valence-corrected chi connectivity index (χ1v) is 7.29. The quantitative estimate of drug-likeness (QED) is 0.873. The number of thioether (sulfide) groups is 1. The number of benzene rings is 1. The van der Waals surface area contributed by atoms with E-state index in [4.69, 9.17) is 0 Å². The summed E-state index contributed by atoms with van der Waals surface area (Å²) in [5.74, 6) is 0.373. The molecule has 0 unspecified atom stereocenters. The van der Waals surface area contributed by atoms with Crippen LogP contribution in [0.4, 0.5) is 5.82 Å². The van der Waals surface area contributed by atoms with Crippen LogP contribution in [0.5, 0.6) is 0 Å². The molecule has 1 heterocycles. The van der Waals surface area contributed by atoms with E-state index in [1.807, 2.05) is 30.5 Å². The molecule has 18 heavy (non-hydrogen) atoms. The number of hydrogen-bond donors (Lipinski definition) is 1. The van der Waals surface area contributed by atoms with Gasteiger partial charge in [0.05, 0.1) is 10.0 Å². The molecule has 0 aliphatic heterocycles. The van der Waals surface area contributed by atoms with E-state index in [9.17, 15) is 4.79 Å². The molecule has 2 rings (SSSR count). The number of pyridine rings is 1. The molecule has 0 bridgehead atoms. The Morgan fingerprint density at radius 2 is 2.06 bits per heavy atom. The van der Waals surface area contributed by atoms with Crippen molar-refractivity contribution in [2.75, 3.05) is 11.6 Å². The highest BCUT2D eigenvalue weighted by atomic mass is 79.9. The Labute approximate surface area is 118 Å². The molecule has 0 aliphatic carbocycles. The monoisotopic (exact) mass is 322 g/mol. The summed E-state index contributed by atoms with van der Waals surface area (Å²) >= 11 is 4.90. The van der Waals surface area contributed by atoms with Crippen molar-refractivity contribution < 1.29 is 4.79 Å². The zero-order valence-electron chi connectivity index (χ0n) is 9.68. The highest BCUT2D eigenvalue weighted by Crippen LogP contribution is 2.23. The van der Waals surface area contributed by atoms with Crippen LogP contribution in [-0.4, -0.2) is 17.1 Å². The van der Waals surface area contributed by atoms with E-state index in [2.05, 4.69) is 26.2 Å². The molecule has 0 atom stereocenters. The van der Waals surface area contributed by atoms with Crippen molar-refractivity contribution in [1.82, 2.24) is 4.98 Å². The van der Waals surface area contributed by atoms with E-state index in [0.717, 1.165) is 9.37 Å². The van der Waals surface area contributed by atoms with Crippen LogP contribution in [-0.2, 0) is 0 Å². The lowest BCUT2D eigenvalue weighted by atomic mass is 10.2. The molecule has 1 aromatic heterocycles. The van der Waals surface area contributed by atoms with E-state index >= 15 is 0 Å². The fraction of sp³-hybridized carbons (Fsp3) is 0.0769. The van der Waals surface area contributed by atoms with Crippen LogP contribution in [0.3, 0.4) is 0 Å². The van der Waals surface area contributed by atoms with Gasteiger partial charge in [0, 0.05) is 11.1 Å². The Balaban J connectivity index is 2.25. The number of carbonyl (C=O) groups is 1. The number of hydrogen-bond acceptors (Lipinski definition) is 3. The number of rotatable bonds is 3. The third-order valence-electron chi connectivity index (χ3n) is 2.34. The van der Waals surface area contributed by atoms with Gasteiger partial charge in [0.15, 0.2) is 0 Å². The largest absolute Gasteiger partial charge is 0.306 e. The maximum Gasteiger partial charge on any atom is 0.257 e. The van der Waals surface area contributed by atoms with Gasteiger partial charge in [-0.3, -0.25) is 4.79 Å². The first-order valence-electron chi connectivity index (χ1n) is 5.27. The van der Waals surface area contributed by atoms with Gasteiger partial charge in [-0.25, -0.2) is 4.98 Å². The van der Waals surface area contributed by atoms with Gasteiger partial charge in [0.25, 0.3) is 5.91 Å². The summed E-state index contributed by atoms with van der Waals surface area (Å²) in [4.78, 5) is 17.2. The lowest BCUT2D eigenvalue weighted by Crippen LogP contribution is -2.14. The number of aromatic nitrogens is 1. The molecule has 1 N–H and O–H groups in total.